The Morgan fingerprint density at radius 2 is 2.12 bits per heavy atom. The lowest BCUT2D eigenvalue weighted by molar-refractivity contribution is 0.00515. The molecule has 1 aromatic rings. The van der Waals surface area contributed by atoms with Gasteiger partial charge in [-0.1, -0.05) is 30.3 Å². The van der Waals surface area contributed by atoms with Crippen LogP contribution in [0.5, 0.6) is 0 Å². The third kappa shape index (κ3) is 4.11. The fourth-order valence-corrected chi connectivity index (χ4v) is 2.19. The van der Waals surface area contributed by atoms with Crippen LogP contribution in [0.15, 0.2) is 30.3 Å². The maximum atomic E-state index is 5.74. The molecule has 0 amide bonds. The molecule has 0 radical (unpaired) electrons. The Kier molecular flexibility index (Phi) is 4.98. The van der Waals surface area contributed by atoms with Crippen molar-refractivity contribution in [1.29, 1.82) is 0 Å². The monoisotopic (exact) mass is 235 g/mol. The number of ether oxygens (including phenoxy) is 2. The van der Waals surface area contributed by atoms with Crippen molar-refractivity contribution in [1.82, 2.24) is 4.90 Å². The maximum absolute atomic E-state index is 5.74. The number of rotatable bonds is 4. The first-order valence-corrected chi connectivity index (χ1v) is 6.25. The molecule has 0 spiro atoms. The van der Waals surface area contributed by atoms with Gasteiger partial charge in [0.1, 0.15) is 0 Å². The van der Waals surface area contributed by atoms with E-state index in [1.807, 2.05) is 0 Å². The normalized spacial score (nSPS) is 22.3. The predicted molar refractivity (Wildman–Crippen MR) is 68.0 cm³/mol. The van der Waals surface area contributed by atoms with Crippen molar-refractivity contribution in [2.24, 2.45) is 0 Å². The van der Waals surface area contributed by atoms with Crippen LogP contribution in [0.3, 0.4) is 0 Å². The van der Waals surface area contributed by atoms with Crippen molar-refractivity contribution in [3.8, 4) is 0 Å². The molecule has 1 atom stereocenters. The molecule has 0 aliphatic carbocycles. The number of benzene rings is 1. The first-order chi connectivity index (χ1) is 8.38. The van der Waals surface area contributed by atoms with Crippen molar-refractivity contribution >= 4 is 0 Å². The smallest absolute Gasteiger partial charge is 0.0821 e. The second-order valence-corrected chi connectivity index (χ2v) is 4.50. The summed E-state index contributed by atoms with van der Waals surface area (Å²) in [6, 6.07) is 10.6. The summed E-state index contributed by atoms with van der Waals surface area (Å²) in [6.07, 6.45) is 1.32. The first-order valence-electron chi connectivity index (χ1n) is 6.25. The summed E-state index contributed by atoms with van der Waals surface area (Å²) in [5.41, 5.74) is 1.37. The molecule has 1 saturated heterocycles. The van der Waals surface area contributed by atoms with Gasteiger partial charge in [0.05, 0.1) is 19.3 Å². The molecule has 1 heterocycles. The fraction of sp³-hybridized carbons (Fsp3) is 0.571. The van der Waals surface area contributed by atoms with E-state index in [0.717, 1.165) is 32.7 Å². The number of hydrogen-bond acceptors (Lipinski definition) is 3. The summed E-state index contributed by atoms with van der Waals surface area (Å²) < 4.78 is 10.9. The van der Waals surface area contributed by atoms with Gasteiger partial charge in [0.25, 0.3) is 0 Å². The van der Waals surface area contributed by atoms with E-state index in [0.29, 0.717) is 6.61 Å². The maximum Gasteiger partial charge on any atom is 0.0821 e. The zero-order valence-corrected chi connectivity index (χ0v) is 10.5. The van der Waals surface area contributed by atoms with E-state index in [4.69, 9.17) is 9.47 Å². The van der Waals surface area contributed by atoms with E-state index in [1.165, 1.54) is 5.56 Å². The molecule has 2 rings (SSSR count). The van der Waals surface area contributed by atoms with Crippen LogP contribution in [0, 0.1) is 0 Å². The molecular formula is C14H21NO2. The van der Waals surface area contributed by atoms with Crippen LogP contribution >= 0.6 is 0 Å². The molecule has 0 saturated carbocycles. The van der Waals surface area contributed by atoms with Gasteiger partial charge < -0.3 is 9.47 Å². The summed E-state index contributed by atoms with van der Waals surface area (Å²) >= 11 is 0. The minimum atomic E-state index is 0.265. The Morgan fingerprint density at radius 3 is 2.88 bits per heavy atom. The zero-order chi connectivity index (χ0) is 11.9. The Bertz CT molecular complexity index is 315. The molecule has 1 aromatic carbocycles. The highest BCUT2D eigenvalue weighted by atomic mass is 16.5. The average molecular weight is 235 g/mol. The van der Waals surface area contributed by atoms with Gasteiger partial charge in [-0.2, -0.15) is 0 Å². The van der Waals surface area contributed by atoms with Gasteiger partial charge in [0.15, 0.2) is 0 Å². The Morgan fingerprint density at radius 1 is 1.29 bits per heavy atom. The van der Waals surface area contributed by atoms with Crippen LogP contribution in [0.1, 0.15) is 12.0 Å². The third-order valence-corrected chi connectivity index (χ3v) is 3.13. The van der Waals surface area contributed by atoms with Crippen molar-refractivity contribution in [3.05, 3.63) is 35.9 Å². The second-order valence-electron chi connectivity index (χ2n) is 4.50. The molecule has 3 heteroatoms. The van der Waals surface area contributed by atoms with Gasteiger partial charge in [-0.25, -0.2) is 0 Å². The fourth-order valence-electron chi connectivity index (χ4n) is 2.19. The van der Waals surface area contributed by atoms with Gasteiger partial charge in [-0.15, -0.1) is 0 Å². The van der Waals surface area contributed by atoms with Gasteiger partial charge in [0.2, 0.25) is 0 Å². The third-order valence-electron chi connectivity index (χ3n) is 3.13. The Balaban J connectivity index is 1.83. The molecule has 0 bridgehead atoms. The Hall–Kier alpha value is -0.900. The first kappa shape index (κ1) is 12.6. The lowest BCUT2D eigenvalue weighted by atomic mass is 10.2. The highest BCUT2D eigenvalue weighted by molar-refractivity contribution is 5.14. The lowest BCUT2D eigenvalue weighted by Crippen LogP contribution is -2.26. The Labute approximate surface area is 103 Å². The lowest BCUT2D eigenvalue weighted by Gasteiger charge is -2.19. The van der Waals surface area contributed by atoms with Gasteiger partial charge in [-0.05, 0) is 12.0 Å². The van der Waals surface area contributed by atoms with Crippen molar-refractivity contribution in [2.75, 3.05) is 33.4 Å². The average Bonchev–Trinajstić information content (AvgIpc) is 2.57. The molecule has 94 valence electrons. The van der Waals surface area contributed by atoms with E-state index < -0.39 is 0 Å². The molecule has 0 N–H and O–H groups in total. The van der Waals surface area contributed by atoms with Crippen LogP contribution in [0.4, 0.5) is 0 Å². The highest BCUT2D eigenvalue weighted by Crippen LogP contribution is 2.11. The minimum Gasteiger partial charge on any atom is -0.382 e. The van der Waals surface area contributed by atoms with Gasteiger partial charge in [-0.3, -0.25) is 4.90 Å². The molecule has 3 nitrogen and oxygen atoms in total. The predicted octanol–water partition coefficient (Wildman–Crippen LogP) is 1.92. The van der Waals surface area contributed by atoms with Crippen LogP contribution < -0.4 is 0 Å². The summed E-state index contributed by atoms with van der Waals surface area (Å²) in [6.45, 7) is 4.63. The summed E-state index contributed by atoms with van der Waals surface area (Å²) in [5, 5.41) is 0. The summed E-state index contributed by atoms with van der Waals surface area (Å²) in [4.78, 5) is 2.45. The molecule has 0 aromatic heterocycles. The van der Waals surface area contributed by atoms with E-state index in [2.05, 4.69) is 35.2 Å². The summed E-state index contributed by atoms with van der Waals surface area (Å²) in [5.74, 6) is 0. The zero-order valence-electron chi connectivity index (χ0n) is 10.5. The molecule has 1 aliphatic rings. The molecule has 0 unspecified atom stereocenters. The number of nitrogens with zero attached hydrogens (tertiary/aromatic N) is 1. The quantitative estimate of drug-likeness (QED) is 0.796. The highest BCUT2D eigenvalue weighted by Gasteiger charge is 2.17. The van der Waals surface area contributed by atoms with E-state index >= 15 is 0 Å². The van der Waals surface area contributed by atoms with Gasteiger partial charge >= 0.3 is 0 Å². The molecule has 1 fully saturated rings. The number of methoxy groups -OCH3 is 1. The van der Waals surface area contributed by atoms with E-state index in [9.17, 15) is 0 Å². The standard InChI is InChI=1S/C14H21NO2/c1-16-12-14-7-8-15(9-10-17-14)11-13-5-3-2-4-6-13/h2-6,14H,7-12H2,1H3/t14-/m1/s1. The molecule has 1 aliphatic heterocycles. The topological polar surface area (TPSA) is 21.7 Å². The van der Waals surface area contributed by atoms with Crippen LogP contribution in [0.25, 0.3) is 0 Å². The van der Waals surface area contributed by atoms with Crippen molar-refractivity contribution in [2.45, 2.75) is 19.1 Å². The van der Waals surface area contributed by atoms with Crippen molar-refractivity contribution < 1.29 is 9.47 Å². The van der Waals surface area contributed by atoms with E-state index in [-0.39, 0.29) is 6.10 Å². The van der Waals surface area contributed by atoms with Crippen LogP contribution in [-0.2, 0) is 16.0 Å². The SMILES string of the molecule is COC[C@H]1CCN(Cc2ccccc2)CCO1. The molecule has 17 heavy (non-hydrogen) atoms. The largest absolute Gasteiger partial charge is 0.382 e. The second kappa shape index (κ2) is 6.74. The van der Waals surface area contributed by atoms with E-state index in [1.54, 1.807) is 7.11 Å². The van der Waals surface area contributed by atoms with Crippen LogP contribution in [0.2, 0.25) is 0 Å². The van der Waals surface area contributed by atoms with Gasteiger partial charge in [0, 0.05) is 26.7 Å². The minimum absolute atomic E-state index is 0.265. The molecular weight excluding hydrogens is 214 g/mol. The van der Waals surface area contributed by atoms with Crippen molar-refractivity contribution in [3.63, 3.8) is 0 Å². The number of hydrogen-bond donors (Lipinski definition) is 0. The van der Waals surface area contributed by atoms with Crippen LogP contribution in [-0.4, -0.2) is 44.4 Å². The summed E-state index contributed by atoms with van der Waals surface area (Å²) in [7, 11) is 1.73.